The Morgan fingerprint density at radius 2 is 1.93 bits per heavy atom. The Morgan fingerprint density at radius 3 is 2.57 bits per heavy atom. The fraction of sp³-hybridized carbons (Fsp3) is 0.476. The molecule has 150 valence electrons. The molecule has 6 nitrogen and oxygen atoms in total. The zero-order valence-electron chi connectivity index (χ0n) is 16.4. The Morgan fingerprint density at radius 1 is 1.21 bits per heavy atom. The van der Waals surface area contributed by atoms with Crippen LogP contribution in [0.1, 0.15) is 55.9 Å². The summed E-state index contributed by atoms with van der Waals surface area (Å²) in [7, 11) is 0. The number of carbonyl (C=O) groups is 2. The molecule has 1 aromatic heterocycles. The highest BCUT2D eigenvalue weighted by atomic mass is 35.5. The van der Waals surface area contributed by atoms with Crippen LogP contribution in [-0.4, -0.2) is 39.6 Å². The molecule has 0 spiro atoms. The number of carbonyl (C=O) groups excluding carboxylic acids is 2. The number of rotatable bonds is 6. The van der Waals surface area contributed by atoms with Gasteiger partial charge in [-0.2, -0.15) is 5.10 Å². The first-order chi connectivity index (χ1) is 13.5. The maximum Gasteiger partial charge on any atom is 0.253 e. The van der Waals surface area contributed by atoms with Crippen molar-refractivity contribution < 1.29 is 9.59 Å². The minimum Gasteiger partial charge on any atom is -0.339 e. The van der Waals surface area contributed by atoms with Crippen LogP contribution in [0.3, 0.4) is 0 Å². The van der Waals surface area contributed by atoms with Gasteiger partial charge in [0, 0.05) is 35.7 Å². The fourth-order valence-electron chi connectivity index (χ4n) is 3.72. The highest BCUT2D eigenvalue weighted by Gasteiger charge is 2.28. The second kappa shape index (κ2) is 9.24. The molecule has 2 heterocycles. The maximum absolute atomic E-state index is 12.7. The van der Waals surface area contributed by atoms with Gasteiger partial charge in [0.15, 0.2) is 0 Å². The lowest BCUT2D eigenvalue weighted by molar-refractivity contribution is -0.121. The Balaban J connectivity index is 1.57. The van der Waals surface area contributed by atoms with Crippen LogP contribution in [0.2, 0.25) is 5.02 Å². The van der Waals surface area contributed by atoms with Crippen molar-refractivity contribution in [2.45, 2.75) is 45.6 Å². The van der Waals surface area contributed by atoms with Crippen LogP contribution in [0, 0.1) is 5.92 Å². The molecule has 2 aromatic rings. The first-order valence-corrected chi connectivity index (χ1v) is 10.3. The normalized spacial score (nSPS) is 15.1. The van der Waals surface area contributed by atoms with Gasteiger partial charge in [-0.3, -0.25) is 9.59 Å². The van der Waals surface area contributed by atoms with Gasteiger partial charge in [-0.05, 0) is 43.9 Å². The average Bonchev–Trinajstić information content (AvgIpc) is 3.16. The van der Waals surface area contributed by atoms with Crippen LogP contribution in [0.25, 0.3) is 0 Å². The number of nitrogens with one attached hydrogen (secondary N) is 1. The Kier molecular flexibility index (Phi) is 6.73. The minimum absolute atomic E-state index is 0.00237. The van der Waals surface area contributed by atoms with Crippen LogP contribution < -0.4 is 5.32 Å². The predicted molar refractivity (Wildman–Crippen MR) is 111 cm³/mol. The second-order valence-electron chi connectivity index (χ2n) is 7.20. The van der Waals surface area contributed by atoms with Crippen molar-refractivity contribution in [3.63, 3.8) is 0 Å². The summed E-state index contributed by atoms with van der Waals surface area (Å²) in [5.74, 6) is 0.611. The number of amides is 2. The van der Waals surface area contributed by atoms with Gasteiger partial charge < -0.3 is 10.2 Å². The number of aromatic nitrogens is 2. The second-order valence-corrected chi connectivity index (χ2v) is 7.63. The summed E-state index contributed by atoms with van der Waals surface area (Å²) in [4.78, 5) is 27.2. The molecule has 0 bridgehead atoms. The highest BCUT2D eigenvalue weighted by molar-refractivity contribution is 6.30. The first-order valence-electron chi connectivity index (χ1n) is 9.92. The zero-order valence-corrected chi connectivity index (χ0v) is 17.2. The minimum atomic E-state index is -0.103. The lowest BCUT2D eigenvalue weighted by atomic mass is 9.95. The maximum atomic E-state index is 12.7. The Bertz CT molecular complexity index is 823. The molecular formula is C21H27ClN4O2. The van der Waals surface area contributed by atoms with Gasteiger partial charge >= 0.3 is 0 Å². The molecule has 1 aliphatic rings. The van der Waals surface area contributed by atoms with Crippen molar-refractivity contribution in [1.82, 2.24) is 14.7 Å². The largest absolute Gasteiger partial charge is 0.339 e. The number of nitrogens with zero attached hydrogens (tertiary/aromatic N) is 3. The molecule has 3 rings (SSSR count). The van der Waals surface area contributed by atoms with E-state index in [1.807, 2.05) is 10.7 Å². The van der Waals surface area contributed by atoms with E-state index in [1.54, 1.807) is 35.4 Å². The SMILES string of the molecule is CCC(CC)n1nccc1NC(=O)C1CCN(C(=O)c2cccc(Cl)c2)CC1. The molecule has 1 aliphatic heterocycles. The molecule has 0 aliphatic carbocycles. The van der Waals surface area contributed by atoms with Crippen LogP contribution in [0.5, 0.6) is 0 Å². The zero-order chi connectivity index (χ0) is 20.1. The summed E-state index contributed by atoms with van der Waals surface area (Å²) in [5.41, 5.74) is 0.587. The molecule has 1 fully saturated rings. The van der Waals surface area contributed by atoms with Crippen molar-refractivity contribution in [3.05, 3.63) is 47.1 Å². The molecule has 1 saturated heterocycles. The molecule has 0 radical (unpaired) electrons. The third-order valence-electron chi connectivity index (χ3n) is 5.43. The van der Waals surface area contributed by atoms with Gasteiger partial charge in [0.25, 0.3) is 5.91 Å². The average molecular weight is 403 g/mol. The summed E-state index contributed by atoms with van der Waals surface area (Å²) in [6.07, 6.45) is 4.95. The number of piperidine rings is 1. The molecule has 1 N–H and O–H groups in total. The van der Waals surface area contributed by atoms with Crippen molar-refractivity contribution in [2.75, 3.05) is 18.4 Å². The molecule has 7 heteroatoms. The summed E-state index contributed by atoms with van der Waals surface area (Å²) in [6.45, 7) is 5.37. The van der Waals surface area contributed by atoms with E-state index in [2.05, 4.69) is 24.3 Å². The van der Waals surface area contributed by atoms with E-state index in [0.29, 0.717) is 36.5 Å². The van der Waals surface area contributed by atoms with Gasteiger partial charge in [0.2, 0.25) is 5.91 Å². The quantitative estimate of drug-likeness (QED) is 0.779. The molecule has 1 aromatic carbocycles. The Hall–Kier alpha value is -2.34. The number of likely N-dealkylation sites (tertiary alicyclic amines) is 1. The smallest absolute Gasteiger partial charge is 0.253 e. The van der Waals surface area contributed by atoms with Gasteiger partial charge in [-0.1, -0.05) is 31.5 Å². The topological polar surface area (TPSA) is 67.2 Å². The fourth-order valence-corrected chi connectivity index (χ4v) is 3.91. The van der Waals surface area contributed by atoms with Gasteiger partial charge in [0.1, 0.15) is 5.82 Å². The van der Waals surface area contributed by atoms with E-state index in [4.69, 9.17) is 11.6 Å². The van der Waals surface area contributed by atoms with E-state index < -0.39 is 0 Å². The first kappa shape index (κ1) is 20.4. The molecule has 28 heavy (non-hydrogen) atoms. The van der Waals surface area contributed by atoms with Crippen LogP contribution in [0.15, 0.2) is 36.5 Å². The van der Waals surface area contributed by atoms with Gasteiger partial charge in [-0.25, -0.2) is 4.68 Å². The lowest BCUT2D eigenvalue weighted by Crippen LogP contribution is -2.41. The highest BCUT2D eigenvalue weighted by Crippen LogP contribution is 2.24. The van der Waals surface area contributed by atoms with Crippen molar-refractivity contribution >= 4 is 29.2 Å². The number of anilines is 1. The van der Waals surface area contributed by atoms with Crippen molar-refractivity contribution in [1.29, 1.82) is 0 Å². The van der Waals surface area contributed by atoms with Crippen molar-refractivity contribution in [2.24, 2.45) is 5.92 Å². The molecule has 0 unspecified atom stereocenters. The predicted octanol–water partition coefficient (Wildman–Crippen LogP) is 4.39. The monoisotopic (exact) mass is 402 g/mol. The van der Waals surface area contributed by atoms with E-state index in [1.165, 1.54) is 0 Å². The third kappa shape index (κ3) is 4.55. The standard InChI is InChI=1S/C21H27ClN4O2/c1-3-18(4-2)26-19(8-11-23-26)24-20(27)15-9-12-25(13-10-15)21(28)16-6-5-7-17(22)14-16/h5-8,11,14-15,18H,3-4,9-10,12-13H2,1-2H3,(H,24,27). The van der Waals surface area contributed by atoms with Crippen molar-refractivity contribution in [3.8, 4) is 0 Å². The van der Waals surface area contributed by atoms with Crippen LogP contribution in [-0.2, 0) is 4.79 Å². The Labute approximate surface area is 170 Å². The summed E-state index contributed by atoms with van der Waals surface area (Å²) in [6, 6.07) is 9.10. The molecule has 0 atom stereocenters. The molecule has 0 saturated carbocycles. The van der Waals surface area contributed by atoms with Crippen LogP contribution in [0.4, 0.5) is 5.82 Å². The summed E-state index contributed by atoms with van der Waals surface area (Å²) < 4.78 is 1.90. The summed E-state index contributed by atoms with van der Waals surface area (Å²) in [5, 5.41) is 7.95. The molecular weight excluding hydrogens is 376 g/mol. The number of halogens is 1. The number of hydrogen-bond acceptors (Lipinski definition) is 3. The summed E-state index contributed by atoms with van der Waals surface area (Å²) >= 11 is 5.99. The van der Waals surface area contributed by atoms with Gasteiger partial charge in [-0.15, -0.1) is 0 Å². The number of hydrogen-bond donors (Lipinski definition) is 1. The van der Waals surface area contributed by atoms with E-state index in [0.717, 1.165) is 18.7 Å². The number of benzene rings is 1. The van der Waals surface area contributed by atoms with E-state index >= 15 is 0 Å². The lowest BCUT2D eigenvalue weighted by Gasteiger charge is -2.31. The van der Waals surface area contributed by atoms with E-state index in [-0.39, 0.29) is 23.8 Å². The molecule has 2 amide bonds. The van der Waals surface area contributed by atoms with E-state index in [9.17, 15) is 9.59 Å². The third-order valence-corrected chi connectivity index (χ3v) is 5.67. The van der Waals surface area contributed by atoms with Gasteiger partial charge in [0.05, 0.1) is 12.2 Å². The van der Waals surface area contributed by atoms with Crippen LogP contribution >= 0.6 is 11.6 Å².